The van der Waals surface area contributed by atoms with Crippen LogP contribution in [0.2, 0.25) is 0 Å². The summed E-state index contributed by atoms with van der Waals surface area (Å²) in [6, 6.07) is 7.96. The van der Waals surface area contributed by atoms with E-state index >= 15 is 0 Å². The van der Waals surface area contributed by atoms with Crippen LogP contribution in [-0.2, 0) is 16.0 Å². The average Bonchev–Trinajstić information content (AvgIpc) is 2.80. The van der Waals surface area contributed by atoms with Gasteiger partial charge in [0.05, 0.1) is 6.04 Å². The first-order chi connectivity index (χ1) is 9.49. The number of rotatable bonds is 4. The third-order valence-corrected chi connectivity index (χ3v) is 3.69. The molecule has 20 heavy (non-hydrogen) atoms. The normalized spacial score (nSPS) is 18.5. The number of amides is 2. The van der Waals surface area contributed by atoms with Crippen LogP contribution < -0.4 is 0 Å². The monoisotopic (exact) mass is 275 g/mol. The van der Waals surface area contributed by atoms with E-state index in [-0.39, 0.29) is 17.9 Å². The molecule has 0 unspecified atom stereocenters. The Kier molecular flexibility index (Phi) is 4.42. The predicted molar refractivity (Wildman–Crippen MR) is 76.3 cm³/mol. The van der Waals surface area contributed by atoms with Gasteiger partial charge in [0.15, 0.2) is 0 Å². The Labute approximate surface area is 119 Å². The zero-order valence-corrected chi connectivity index (χ0v) is 12.3. The van der Waals surface area contributed by atoms with Gasteiger partial charge in [0.2, 0.25) is 5.91 Å². The summed E-state index contributed by atoms with van der Waals surface area (Å²) in [4.78, 5) is 25.2. The third-order valence-electron chi connectivity index (χ3n) is 3.69. The molecule has 2 rings (SSSR count). The lowest BCUT2D eigenvalue weighted by atomic mass is 10.0. The van der Waals surface area contributed by atoms with Crippen molar-refractivity contribution in [1.82, 2.24) is 4.90 Å². The fourth-order valence-electron chi connectivity index (χ4n) is 2.34. The van der Waals surface area contributed by atoms with E-state index in [2.05, 4.69) is 0 Å². The van der Waals surface area contributed by atoms with Crippen molar-refractivity contribution in [2.75, 3.05) is 6.61 Å². The zero-order chi connectivity index (χ0) is 14.7. The Morgan fingerprint density at radius 2 is 2.00 bits per heavy atom. The molecule has 1 aromatic carbocycles. The molecule has 0 bridgehead atoms. The quantitative estimate of drug-likeness (QED) is 0.848. The van der Waals surface area contributed by atoms with Crippen molar-refractivity contribution >= 4 is 12.0 Å². The van der Waals surface area contributed by atoms with Crippen molar-refractivity contribution < 1.29 is 14.3 Å². The van der Waals surface area contributed by atoms with Gasteiger partial charge < -0.3 is 4.74 Å². The van der Waals surface area contributed by atoms with E-state index in [1.807, 2.05) is 45.0 Å². The number of nitrogens with zero attached hydrogens (tertiary/aromatic N) is 1. The van der Waals surface area contributed by atoms with Gasteiger partial charge in [-0.1, -0.05) is 43.7 Å². The summed E-state index contributed by atoms with van der Waals surface area (Å²) in [5.74, 6) is 0.0662. The van der Waals surface area contributed by atoms with Crippen molar-refractivity contribution in [3.05, 3.63) is 35.4 Å². The lowest BCUT2D eigenvalue weighted by Gasteiger charge is -2.22. The molecule has 1 aliphatic rings. The maximum atomic E-state index is 12.2. The van der Waals surface area contributed by atoms with Gasteiger partial charge in [-0.3, -0.25) is 4.79 Å². The van der Waals surface area contributed by atoms with Crippen LogP contribution in [0.3, 0.4) is 0 Å². The van der Waals surface area contributed by atoms with Crippen LogP contribution in [0, 0.1) is 12.8 Å². The second kappa shape index (κ2) is 6.07. The molecular formula is C16H21NO3. The number of carbonyl (C=O) groups excluding carboxylic acids is 2. The number of imide groups is 1. The highest BCUT2D eigenvalue weighted by Crippen LogP contribution is 2.21. The van der Waals surface area contributed by atoms with E-state index in [0.717, 1.165) is 5.56 Å². The van der Waals surface area contributed by atoms with Gasteiger partial charge in [0.25, 0.3) is 0 Å². The van der Waals surface area contributed by atoms with E-state index in [0.29, 0.717) is 19.4 Å². The number of ether oxygens (including phenoxy) is 1. The largest absolute Gasteiger partial charge is 0.447 e. The van der Waals surface area contributed by atoms with Crippen molar-refractivity contribution in [2.45, 2.75) is 39.7 Å². The van der Waals surface area contributed by atoms with E-state index < -0.39 is 6.09 Å². The van der Waals surface area contributed by atoms with E-state index in [9.17, 15) is 9.59 Å². The van der Waals surface area contributed by atoms with Crippen LogP contribution in [0.5, 0.6) is 0 Å². The minimum absolute atomic E-state index is 0.131. The molecule has 4 heteroatoms. The molecule has 1 aliphatic heterocycles. The maximum absolute atomic E-state index is 12.2. The zero-order valence-electron chi connectivity index (χ0n) is 12.3. The Balaban J connectivity index is 1.97. The molecule has 0 spiro atoms. The van der Waals surface area contributed by atoms with Gasteiger partial charge in [-0.05, 0) is 24.8 Å². The lowest BCUT2D eigenvalue weighted by molar-refractivity contribution is -0.129. The summed E-state index contributed by atoms with van der Waals surface area (Å²) >= 11 is 0. The third kappa shape index (κ3) is 3.18. The molecule has 108 valence electrons. The van der Waals surface area contributed by atoms with Gasteiger partial charge in [-0.2, -0.15) is 0 Å². The van der Waals surface area contributed by atoms with Crippen LogP contribution in [0.25, 0.3) is 0 Å². The van der Waals surface area contributed by atoms with Crippen LogP contribution in [0.15, 0.2) is 24.3 Å². The molecule has 0 radical (unpaired) electrons. The fourth-order valence-corrected chi connectivity index (χ4v) is 2.34. The van der Waals surface area contributed by atoms with Crippen molar-refractivity contribution in [3.8, 4) is 0 Å². The Bertz CT molecular complexity index is 493. The standard InChI is InChI=1S/C16H21NO3/c1-11(2)14-10-20-16(19)17(14)15(18)9-8-13-6-4-12(3)5-7-13/h4-7,11,14H,8-10H2,1-3H3/t14-/m1/s1. The lowest BCUT2D eigenvalue weighted by Crippen LogP contribution is -2.41. The van der Waals surface area contributed by atoms with Crippen molar-refractivity contribution in [1.29, 1.82) is 0 Å². The summed E-state index contributed by atoms with van der Waals surface area (Å²) in [7, 11) is 0. The summed E-state index contributed by atoms with van der Waals surface area (Å²) in [5, 5.41) is 0. The minimum atomic E-state index is -0.502. The second-order valence-electron chi connectivity index (χ2n) is 5.64. The first-order valence-corrected chi connectivity index (χ1v) is 7.03. The topological polar surface area (TPSA) is 46.6 Å². The van der Waals surface area contributed by atoms with E-state index in [1.165, 1.54) is 10.5 Å². The fraction of sp³-hybridized carbons (Fsp3) is 0.500. The highest BCUT2D eigenvalue weighted by atomic mass is 16.6. The van der Waals surface area contributed by atoms with Crippen molar-refractivity contribution in [3.63, 3.8) is 0 Å². The Morgan fingerprint density at radius 3 is 2.60 bits per heavy atom. The van der Waals surface area contributed by atoms with Crippen LogP contribution in [0.1, 0.15) is 31.4 Å². The van der Waals surface area contributed by atoms with Gasteiger partial charge in [0, 0.05) is 6.42 Å². The molecule has 1 atom stereocenters. The number of cyclic esters (lactones) is 1. The summed E-state index contributed by atoms with van der Waals surface area (Å²) < 4.78 is 4.99. The number of hydrogen-bond acceptors (Lipinski definition) is 3. The Hall–Kier alpha value is -1.84. The number of benzene rings is 1. The highest BCUT2D eigenvalue weighted by Gasteiger charge is 2.38. The van der Waals surface area contributed by atoms with Gasteiger partial charge >= 0.3 is 6.09 Å². The molecule has 1 saturated heterocycles. The molecular weight excluding hydrogens is 254 g/mol. The maximum Gasteiger partial charge on any atom is 0.416 e. The van der Waals surface area contributed by atoms with Crippen molar-refractivity contribution in [2.24, 2.45) is 5.92 Å². The number of aryl methyl sites for hydroxylation is 2. The number of hydrogen-bond donors (Lipinski definition) is 0. The highest BCUT2D eigenvalue weighted by molar-refractivity contribution is 5.93. The molecule has 1 fully saturated rings. The first kappa shape index (κ1) is 14.6. The second-order valence-corrected chi connectivity index (χ2v) is 5.64. The van der Waals surface area contributed by atoms with Crippen LogP contribution >= 0.6 is 0 Å². The predicted octanol–water partition coefficient (Wildman–Crippen LogP) is 2.93. The Morgan fingerprint density at radius 1 is 1.35 bits per heavy atom. The van der Waals surface area contributed by atoms with Gasteiger partial charge in [-0.15, -0.1) is 0 Å². The average molecular weight is 275 g/mol. The van der Waals surface area contributed by atoms with Gasteiger partial charge in [0.1, 0.15) is 6.61 Å². The molecule has 0 aromatic heterocycles. The summed E-state index contributed by atoms with van der Waals surface area (Å²) in [6.07, 6.45) is 0.479. The van der Waals surface area contributed by atoms with Crippen LogP contribution in [-0.4, -0.2) is 29.5 Å². The minimum Gasteiger partial charge on any atom is -0.447 e. The summed E-state index contributed by atoms with van der Waals surface area (Å²) in [6.45, 7) is 6.33. The van der Waals surface area contributed by atoms with E-state index in [4.69, 9.17) is 4.74 Å². The molecule has 1 aromatic rings. The summed E-state index contributed by atoms with van der Waals surface area (Å²) in [5.41, 5.74) is 2.31. The first-order valence-electron chi connectivity index (χ1n) is 7.03. The molecule has 2 amide bonds. The molecule has 1 heterocycles. The smallest absolute Gasteiger partial charge is 0.416 e. The van der Waals surface area contributed by atoms with E-state index in [1.54, 1.807) is 0 Å². The van der Waals surface area contributed by atoms with Gasteiger partial charge in [-0.25, -0.2) is 9.69 Å². The van der Waals surface area contributed by atoms with Crippen LogP contribution in [0.4, 0.5) is 4.79 Å². The molecule has 0 aliphatic carbocycles. The molecule has 0 N–H and O–H groups in total. The number of carbonyl (C=O) groups is 2. The SMILES string of the molecule is Cc1ccc(CCC(=O)N2C(=O)OC[C@@H]2C(C)C)cc1. The molecule has 0 saturated carbocycles. The molecule has 4 nitrogen and oxygen atoms in total.